The molecule has 1 aliphatic heterocycles. The van der Waals surface area contributed by atoms with Gasteiger partial charge in [-0.15, -0.1) is 0 Å². The minimum atomic E-state index is -1.24. The number of aliphatic hydroxyl groups is 1. The first kappa shape index (κ1) is 19.4. The molecule has 2 aromatic heterocycles. The Morgan fingerprint density at radius 3 is 2.45 bits per heavy atom. The molecule has 0 bridgehead atoms. The molecule has 1 atom stereocenters. The number of aliphatic imine (C=N–C) groups is 1. The largest absolute Gasteiger partial charge is 0.379 e. The second-order valence-electron chi connectivity index (χ2n) is 8.35. The monoisotopic (exact) mass is 386 g/mol. The average Bonchev–Trinajstić information content (AvgIpc) is 3.25. The number of aromatic nitrogens is 2. The second kappa shape index (κ2) is 6.27. The van der Waals surface area contributed by atoms with Gasteiger partial charge in [-0.3, -0.25) is 9.98 Å². The van der Waals surface area contributed by atoms with E-state index in [9.17, 15) is 10.4 Å². The van der Waals surface area contributed by atoms with Crippen molar-refractivity contribution in [2.24, 2.45) is 12.0 Å². The lowest BCUT2D eigenvalue weighted by atomic mass is 9.81. The van der Waals surface area contributed by atoms with Crippen LogP contribution < -0.4 is 0 Å². The van der Waals surface area contributed by atoms with Crippen molar-refractivity contribution in [3.05, 3.63) is 57.0 Å². The standard InChI is InChI=1S/C24H26N4O/c1-12-13(2)21(17-8-9-28(7)23(17)14(12)3)24(6,29)20-10-19-22(27-20)15(4)18(11-25)16(5)26-19/h8-9,29H,10H2,1-7H3. The topological polar surface area (TPSA) is 74.2 Å². The van der Waals surface area contributed by atoms with E-state index in [-0.39, 0.29) is 0 Å². The minimum Gasteiger partial charge on any atom is -0.379 e. The fourth-order valence-electron chi connectivity index (χ4n) is 4.79. The maximum Gasteiger partial charge on any atom is 0.126 e. The SMILES string of the molecule is Cc1nc2c(c(C)c1C#N)N=C(C(C)(O)c1c(C)c(C)c(C)c3c1ccn3C)C2. The van der Waals surface area contributed by atoms with Gasteiger partial charge in [0, 0.05) is 30.6 Å². The molecule has 0 aliphatic carbocycles. The van der Waals surface area contributed by atoms with Gasteiger partial charge in [-0.05, 0) is 69.9 Å². The Morgan fingerprint density at radius 1 is 1.10 bits per heavy atom. The van der Waals surface area contributed by atoms with Crippen molar-refractivity contribution < 1.29 is 5.11 Å². The number of aryl methyl sites for hydroxylation is 3. The second-order valence-corrected chi connectivity index (χ2v) is 8.35. The molecule has 1 unspecified atom stereocenters. The fourth-order valence-corrected chi connectivity index (χ4v) is 4.79. The van der Waals surface area contributed by atoms with Crippen LogP contribution in [0.15, 0.2) is 17.3 Å². The molecule has 0 radical (unpaired) electrons. The molecule has 4 rings (SSSR count). The third-order valence-electron chi connectivity index (χ3n) is 6.61. The number of pyridine rings is 1. The summed E-state index contributed by atoms with van der Waals surface area (Å²) in [6, 6.07) is 4.30. The summed E-state index contributed by atoms with van der Waals surface area (Å²) in [6.07, 6.45) is 2.52. The van der Waals surface area contributed by atoms with Crippen LogP contribution in [-0.2, 0) is 19.1 Å². The quantitative estimate of drug-likeness (QED) is 0.703. The summed E-state index contributed by atoms with van der Waals surface area (Å²) in [5, 5.41) is 22.3. The number of rotatable bonds is 2. The van der Waals surface area contributed by atoms with Crippen LogP contribution in [-0.4, -0.2) is 20.4 Å². The summed E-state index contributed by atoms with van der Waals surface area (Å²) in [6.45, 7) is 11.9. The van der Waals surface area contributed by atoms with Gasteiger partial charge in [-0.2, -0.15) is 5.26 Å². The number of nitriles is 1. The van der Waals surface area contributed by atoms with Gasteiger partial charge >= 0.3 is 0 Å². The van der Waals surface area contributed by atoms with E-state index in [0.717, 1.165) is 39.0 Å². The van der Waals surface area contributed by atoms with Crippen molar-refractivity contribution in [3.8, 4) is 6.07 Å². The first-order chi connectivity index (χ1) is 13.6. The van der Waals surface area contributed by atoms with Crippen LogP contribution in [0.5, 0.6) is 0 Å². The van der Waals surface area contributed by atoms with E-state index in [1.54, 1.807) is 0 Å². The van der Waals surface area contributed by atoms with E-state index in [2.05, 4.69) is 42.5 Å². The van der Waals surface area contributed by atoms with Gasteiger partial charge in [0.2, 0.25) is 0 Å². The van der Waals surface area contributed by atoms with Crippen LogP contribution in [0.1, 0.15) is 51.7 Å². The molecule has 1 N–H and O–H groups in total. The highest BCUT2D eigenvalue weighted by molar-refractivity contribution is 6.04. The van der Waals surface area contributed by atoms with Crippen LogP contribution in [0.25, 0.3) is 10.9 Å². The number of hydrogen-bond donors (Lipinski definition) is 1. The maximum atomic E-state index is 11.8. The normalized spacial score (nSPS) is 15.2. The van der Waals surface area contributed by atoms with Gasteiger partial charge < -0.3 is 9.67 Å². The summed E-state index contributed by atoms with van der Waals surface area (Å²) in [7, 11) is 2.03. The Morgan fingerprint density at radius 2 is 1.79 bits per heavy atom. The summed E-state index contributed by atoms with van der Waals surface area (Å²) < 4.78 is 2.11. The minimum absolute atomic E-state index is 0.483. The number of benzene rings is 1. The molecule has 0 spiro atoms. The van der Waals surface area contributed by atoms with E-state index in [1.165, 1.54) is 11.1 Å². The maximum absolute atomic E-state index is 11.8. The van der Waals surface area contributed by atoms with Crippen molar-refractivity contribution in [1.29, 1.82) is 5.26 Å². The van der Waals surface area contributed by atoms with Crippen molar-refractivity contribution in [2.75, 3.05) is 0 Å². The van der Waals surface area contributed by atoms with Crippen LogP contribution >= 0.6 is 0 Å². The predicted molar refractivity (Wildman–Crippen MR) is 116 cm³/mol. The summed E-state index contributed by atoms with van der Waals surface area (Å²) in [5.41, 5.74) is 8.66. The number of hydrogen-bond acceptors (Lipinski definition) is 4. The van der Waals surface area contributed by atoms with E-state index < -0.39 is 5.60 Å². The van der Waals surface area contributed by atoms with Crippen molar-refractivity contribution in [3.63, 3.8) is 0 Å². The zero-order valence-electron chi connectivity index (χ0n) is 18.1. The highest BCUT2D eigenvalue weighted by atomic mass is 16.3. The van der Waals surface area contributed by atoms with Crippen LogP contribution in [0.2, 0.25) is 0 Å². The Labute approximate surface area is 171 Å². The van der Waals surface area contributed by atoms with Gasteiger partial charge in [-0.1, -0.05) is 0 Å². The van der Waals surface area contributed by atoms with Gasteiger partial charge in [0.25, 0.3) is 0 Å². The van der Waals surface area contributed by atoms with Crippen molar-refractivity contribution in [1.82, 2.24) is 9.55 Å². The zero-order chi connectivity index (χ0) is 21.2. The Balaban J connectivity index is 1.95. The molecule has 0 amide bonds. The van der Waals surface area contributed by atoms with E-state index in [1.807, 2.05) is 34.0 Å². The average molecular weight is 386 g/mol. The molecule has 148 valence electrons. The van der Waals surface area contributed by atoms with Gasteiger partial charge in [-0.25, -0.2) is 0 Å². The first-order valence-corrected chi connectivity index (χ1v) is 9.85. The fraction of sp³-hybridized carbons (Fsp3) is 0.375. The van der Waals surface area contributed by atoms with Gasteiger partial charge in [0.15, 0.2) is 0 Å². The van der Waals surface area contributed by atoms with E-state index in [4.69, 9.17) is 4.99 Å². The highest BCUT2D eigenvalue weighted by Gasteiger charge is 2.38. The van der Waals surface area contributed by atoms with Crippen LogP contribution in [0.4, 0.5) is 5.69 Å². The third-order valence-corrected chi connectivity index (χ3v) is 6.61. The van der Waals surface area contributed by atoms with Crippen molar-refractivity contribution in [2.45, 2.75) is 53.6 Å². The molecular formula is C24H26N4O. The smallest absolute Gasteiger partial charge is 0.126 e. The van der Waals surface area contributed by atoms with E-state index in [0.29, 0.717) is 23.4 Å². The zero-order valence-corrected chi connectivity index (χ0v) is 18.1. The molecule has 3 heterocycles. The molecular weight excluding hydrogens is 360 g/mol. The van der Waals surface area contributed by atoms with Crippen LogP contribution in [0.3, 0.4) is 0 Å². The predicted octanol–water partition coefficient (Wildman–Crippen LogP) is 4.52. The lowest BCUT2D eigenvalue weighted by Gasteiger charge is -2.29. The van der Waals surface area contributed by atoms with Gasteiger partial charge in [0.05, 0.1) is 33.9 Å². The molecule has 29 heavy (non-hydrogen) atoms. The van der Waals surface area contributed by atoms with Gasteiger partial charge in [0.1, 0.15) is 11.7 Å². The number of nitrogens with zero attached hydrogens (tertiary/aromatic N) is 4. The highest BCUT2D eigenvalue weighted by Crippen LogP contribution is 2.42. The molecule has 3 aromatic rings. The van der Waals surface area contributed by atoms with Crippen molar-refractivity contribution >= 4 is 22.3 Å². The lowest BCUT2D eigenvalue weighted by molar-refractivity contribution is 0.132. The molecule has 5 heteroatoms. The molecule has 5 nitrogen and oxygen atoms in total. The first-order valence-electron chi connectivity index (χ1n) is 9.85. The molecule has 1 aromatic carbocycles. The Bertz CT molecular complexity index is 1270. The molecule has 0 saturated carbocycles. The molecule has 0 saturated heterocycles. The Kier molecular flexibility index (Phi) is 4.18. The summed E-state index contributed by atoms with van der Waals surface area (Å²) >= 11 is 0. The van der Waals surface area contributed by atoms with E-state index >= 15 is 0 Å². The molecule has 1 aliphatic rings. The van der Waals surface area contributed by atoms with Crippen LogP contribution in [0, 0.1) is 45.9 Å². The molecule has 0 fully saturated rings. The Hall–Kier alpha value is -2.97. The lowest BCUT2D eigenvalue weighted by Crippen LogP contribution is -2.34. The number of fused-ring (bicyclic) bond motifs is 2. The summed E-state index contributed by atoms with van der Waals surface area (Å²) in [5.74, 6) is 0. The third kappa shape index (κ3) is 2.56. The summed E-state index contributed by atoms with van der Waals surface area (Å²) in [4.78, 5) is 9.41.